The van der Waals surface area contributed by atoms with Crippen LogP contribution in [-0.4, -0.2) is 15.0 Å². The summed E-state index contributed by atoms with van der Waals surface area (Å²) in [7, 11) is 0. The van der Waals surface area contributed by atoms with E-state index in [9.17, 15) is 0 Å². The Morgan fingerprint density at radius 3 is 1.75 bits per heavy atom. The van der Waals surface area contributed by atoms with Crippen molar-refractivity contribution in [1.29, 1.82) is 0 Å². The van der Waals surface area contributed by atoms with Crippen LogP contribution in [0.1, 0.15) is 0 Å². The van der Waals surface area contributed by atoms with E-state index in [4.69, 9.17) is 19.4 Å². The monoisotopic (exact) mass is 651 g/mol. The summed E-state index contributed by atoms with van der Waals surface area (Å²) in [6.45, 7) is 0. The maximum atomic E-state index is 6.42. The Bertz CT molecular complexity index is 2910. The Hall–Kier alpha value is -6.91. The van der Waals surface area contributed by atoms with Crippen molar-refractivity contribution in [3.05, 3.63) is 176 Å². The van der Waals surface area contributed by atoms with Gasteiger partial charge in [0.15, 0.2) is 17.5 Å². The zero-order valence-electron chi connectivity index (χ0n) is 27.5. The van der Waals surface area contributed by atoms with E-state index < -0.39 is 0 Å². The first-order valence-corrected chi connectivity index (χ1v) is 17.1. The first-order valence-electron chi connectivity index (χ1n) is 17.1. The molecule has 0 atom stereocenters. The van der Waals surface area contributed by atoms with Crippen LogP contribution in [0.5, 0.6) is 0 Å². The van der Waals surface area contributed by atoms with Gasteiger partial charge < -0.3 is 4.42 Å². The molecular weight excluding hydrogens is 623 g/mol. The van der Waals surface area contributed by atoms with Crippen molar-refractivity contribution >= 4 is 43.5 Å². The molecule has 0 unspecified atom stereocenters. The molecule has 0 fully saturated rings. The standard InChI is InChI=1S/C47H29N3O/c1-3-12-30(13-4-1)34-24-27-42-41(29-34)44-39(20-11-21-43(44)51-42)38-25-26-40(37-19-10-9-18-36(37)38)47-49-45(32-15-5-2-6-16-32)48-46(50-47)35-23-22-31-14-7-8-17-33(31)28-35/h1-29H. The molecule has 10 rings (SSSR count). The van der Waals surface area contributed by atoms with Gasteiger partial charge in [0.2, 0.25) is 0 Å². The van der Waals surface area contributed by atoms with E-state index in [1.807, 2.05) is 36.4 Å². The van der Waals surface area contributed by atoms with Crippen molar-refractivity contribution in [2.24, 2.45) is 0 Å². The van der Waals surface area contributed by atoms with E-state index in [2.05, 4.69) is 140 Å². The first kappa shape index (κ1) is 29.0. The van der Waals surface area contributed by atoms with Crippen LogP contribution in [-0.2, 0) is 0 Å². The quantitative estimate of drug-likeness (QED) is 0.186. The Morgan fingerprint density at radius 1 is 0.314 bits per heavy atom. The molecule has 0 saturated heterocycles. The molecule has 0 aliphatic rings. The van der Waals surface area contributed by atoms with Crippen LogP contribution >= 0.6 is 0 Å². The second-order valence-electron chi connectivity index (χ2n) is 12.8. The predicted molar refractivity (Wildman–Crippen MR) is 209 cm³/mol. The van der Waals surface area contributed by atoms with Crippen LogP contribution in [0.25, 0.3) is 99.9 Å². The third-order valence-corrected chi connectivity index (χ3v) is 9.73. The molecule has 0 spiro atoms. The Kier molecular flexibility index (Phi) is 6.78. The molecule has 2 aromatic heterocycles. The minimum atomic E-state index is 0.634. The second kappa shape index (κ2) is 11.9. The van der Waals surface area contributed by atoms with E-state index in [0.717, 1.165) is 71.5 Å². The molecular formula is C47H29N3O. The first-order chi connectivity index (χ1) is 25.3. The summed E-state index contributed by atoms with van der Waals surface area (Å²) in [5.74, 6) is 1.91. The largest absolute Gasteiger partial charge is 0.456 e. The highest BCUT2D eigenvalue weighted by Gasteiger charge is 2.19. The molecule has 0 amide bonds. The highest BCUT2D eigenvalue weighted by Crippen LogP contribution is 2.42. The lowest BCUT2D eigenvalue weighted by Crippen LogP contribution is -2.00. The summed E-state index contributed by atoms with van der Waals surface area (Å²) in [5.41, 5.74) is 9.16. The molecule has 0 saturated carbocycles. The Morgan fingerprint density at radius 2 is 0.941 bits per heavy atom. The predicted octanol–water partition coefficient (Wildman–Crippen LogP) is 12.4. The summed E-state index contributed by atoms with van der Waals surface area (Å²) in [5, 5.41) is 6.71. The van der Waals surface area contributed by atoms with Crippen LogP contribution in [0.4, 0.5) is 0 Å². The number of rotatable bonds is 5. The number of aromatic nitrogens is 3. The maximum Gasteiger partial charge on any atom is 0.164 e. The fraction of sp³-hybridized carbons (Fsp3) is 0. The molecule has 4 nitrogen and oxygen atoms in total. The Balaban J connectivity index is 1.18. The van der Waals surface area contributed by atoms with Gasteiger partial charge in [0.1, 0.15) is 11.2 Å². The van der Waals surface area contributed by atoms with Crippen LogP contribution in [0, 0.1) is 0 Å². The van der Waals surface area contributed by atoms with E-state index in [1.165, 1.54) is 10.9 Å². The summed E-state index contributed by atoms with van der Waals surface area (Å²) < 4.78 is 6.42. The lowest BCUT2D eigenvalue weighted by Gasteiger charge is -2.14. The van der Waals surface area contributed by atoms with Crippen molar-refractivity contribution in [2.75, 3.05) is 0 Å². The van der Waals surface area contributed by atoms with Gasteiger partial charge in [0.25, 0.3) is 0 Å². The average molecular weight is 652 g/mol. The summed E-state index contributed by atoms with van der Waals surface area (Å²) in [4.78, 5) is 15.2. The molecule has 0 bridgehead atoms. The van der Waals surface area contributed by atoms with Gasteiger partial charge in [-0.15, -0.1) is 0 Å². The number of hydrogen-bond donors (Lipinski definition) is 0. The smallest absolute Gasteiger partial charge is 0.164 e. The van der Waals surface area contributed by atoms with E-state index >= 15 is 0 Å². The minimum Gasteiger partial charge on any atom is -0.456 e. The second-order valence-corrected chi connectivity index (χ2v) is 12.8. The molecule has 10 aromatic rings. The lowest BCUT2D eigenvalue weighted by atomic mass is 9.92. The molecule has 0 N–H and O–H groups in total. The lowest BCUT2D eigenvalue weighted by molar-refractivity contribution is 0.669. The maximum absolute atomic E-state index is 6.42. The average Bonchev–Trinajstić information content (AvgIpc) is 3.59. The molecule has 8 aromatic carbocycles. The van der Waals surface area contributed by atoms with E-state index in [0.29, 0.717) is 17.5 Å². The van der Waals surface area contributed by atoms with Gasteiger partial charge in [-0.25, -0.2) is 15.0 Å². The van der Waals surface area contributed by atoms with Gasteiger partial charge in [0.05, 0.1) is 0 Å². The molecule has 4 heteroatoms. The van der Waals surface area contributed by atoms with Crippen molar-refractivity contribution in [2.45, 2.75) is 0 Å². The van der Waals surface area contributed by atoms with E-state index in [1.54, 1.807) is 0 Å². The van der Waals surface area contributed by atoms with Gasteiger partial charge in [-0.1, -0.05) is 146 Å². The van der Waals surface area contributed by atoms with Crippen LogP contribution in [0.3, 0.4) is 0 Å². The number of fused-ring (bicyclic) bond motifs is 5. The van der Waals surface area contributed by atoms with Gasteiger partial charge in [-0.3, -0.25) is 0 Å². The summed E-state index contributed by atoms with van der Waals surface area (Å²) >= 11 is 0. The minimum absolute atomic E-state index is 0.634. The molecule has 0 aliphatic carbocycles. The zero-order valence-corrected chi connectivity index (χ0v) is 27.5. The van der Waals surface area contributed by atoms with Crippen molar-refractivity contribution < 1.29 is 4.42 Å². The van der Waals surface area contributed by atoms with Crippen LogP contribution in [0.2, 0.25) is 0 Å². The number of furan rings is 1. The van der Waals surface area contributed by atoms with Gasteiger partial charge >= 0.3 is 0 Å². The number of benzene rings is 8. The third-order valence-electron chi connectivity index (χ3n) is 9.73. The van der Waals surface area contributed by atoms with E-state index in [-0.39, 0.29) is 0 Å². The van der Waals surface area contributed by atoms with Crippen molar-refractivity contribution in [3.8, 4) is 56.4 Å². The number of hydrogen-bond acceptors (Lipinski definition) is 4. The van der Waals surface area contributed by atoms with Crippen molar-refractivity contribution in [3.63, 3.8) is 0 Å². The SMILES string of the molecule is c1ccc(-c2ccc3oc4cccc(-c5ccc(-c6nc(-c7ccccc7)nc(-c7ccc8ccccc8c7)n6)c6ccccc56)c4c3c2)cc1. The van der Waals surface area contributed by atoms with Gasteiger partial charge in [-0.05, 0) is 74.1 Å². The molecule has 238 valence electrons. The summed E-state index contributed by atoms with van der Waals surface area (Å²) in [6, 6.07) is 61.0. The fourth-order valence-corrected chi connectivity index (χ4v) is 7.26. The molecule has 0 radical (unpaired) electrons. The molecule has 0 aliphatic heterocycles. The molecule has 51 heavy (non-hydrogen) atoms. The van der Waals surface area contributed by atoms with Crippen LogP contribution in [0.15, 0.2) is 180 Å². The van der Waals surface area contributed by atoms with Crippen molar-refractivity contribution in [1.82, 2.24) is 15.0 Å². The number of nitrogens with zero attached hydrogens (tertiary/aromatic N) is 3. The highest BCUT2D eigenvalue weighted by molar-refractivity contribution is 6.17. The van der Waals surface area contributed by atoms with Gasteiger partial charge in [-0.2, -0.15) is 0 Å². The molecule has 2 heterocycles. The summed E-state index contributed by atoms with van der Waals surface area (Å²) in [6.07, 6.45) is 0. The zero-order chi connectivity index (χ0) is 33.7. The fourth-order valence-electron chi connectivity index (χ4n) is 7.26. The topological polar surface area (TPSA) is 51.8 Å². The highest BCUT2D eigenvalue weighted by atomic mass is 16.3. The normalized spacial score (nSPS) is 11.5. The third kappa shape index (κ3) is 5.04. The van der Waals surface area contributed by atoms with Crippen LogP contribution < -0.4 is 0 Å². The van der Waals surface area contributed by atoms with Gasteiger partial charge in [0, 0.05) is 27.5 Å². The Labute approximate surface area is 294 Å².